The van der Waals surface area contributed by atoms with Crippen LogP contribution in [-0.2, 0) is 11.3 Å². The van der Waals surface area contributed by atoms with E-state index < -0.39 is 0 Å². The van der Waals surface area contributed by atoms with Crippen molar-refractivity contribution in [3.05, 3.63) is 46.0 Å². The summed E-state index contributed by atoms with van der Waals surface area (Å²) in [6.45, 7) is 3.76. The van der Waals surface area contributed by atoms with E-state index in [-0.39, 0.29) is 35.2 Å². The first-order chi connectivity index (χ1) is 12.0. The van der Waals surface area contributed by atoms with Crippen molar-refractivity contribution >= 4 is 28.6 Å². The fraction of sp³-hybridized carbons (Fsp3) is 0.294. The van der Waals surface area contributed by atoms with Gasteiger partial charge < -0.3 is 9.84 Å². The van der Waals surface area contributed by atoms with Crippen LogP contribution in [0, 0.1) is 0 Å². The van der Waals surface area contributed by atoms with Crippen molar-refractivity contribution in [1.82, 2.24) is 20.0 Å². The van der Waals surface area contributed by atoms with Gasteiger partial charge in [-0.1, -0.05) is 35.8 Å². The molecule has 2 aromatic heterocycles. The number of aromatic nitrogens is 3. The van der Waals surface area contributed by atoms with Crippen LogP contribution in [-0.4, -0.2) is 26.7 Å². The van der Waals surface area contributed by atoms with Crippen LogP contribution in [0.2, 0.25) is 5.02 Å². The Morgan fingerprint density at radius 3 is 2.76 bits per heavy atom. The zero-order valence-corrected chi connectivity index (χ0v) is 14.6. The largest absolute Gasteiger partial charge is 0.352 e. The number of carbonyl (C=O) groups excluding carboxylic acids is 1. The monoisotopic (exact) mass is 360 g/mol. The third-order valence-electron chi connectivity index (χ3n) is 3.91. The molecule has 1 aromatic carbocycles. The van der Waals surface area contributed by atoms with Crippen molar-refractivity contribution in [2.45, 2.75) is 32.9 Å². The molecule has 0 unspecified atom stereocenters. The van der Waals surface area contributed by atoms with Gasteiger partial charge in [0, 0.05) is 16.6 Å². The summed E-state index contributed by atoms with van der Waals surface area (Å²) in [5.41, 5.74) is 0.814. The van der Waals surface area contributed by atoms with E-state index in [1.807, 2.05) is 13.8 Å². The Morgan fingerprint density at radius 2 is 2.08 bits per heavy atom. The van der Waals surface area contributed by atoms with Crippen LogP contribution in [0.25, 0.3) is 22.4 Å². The Labute approximate surface area is 148 Å². The molecule has 130 valence electrons. The SMILES string of the molecule is CC[C@@H](C)NC(=O)Cn1cnc2onc(-c3ccc(Cl)cc3)c2c1=O. The molecule has 1 N–H and O–H groups in total. The van der Waals surface area contributed by atoms with Gasteiger partial charge in [0.05, 0.1) is 0 Å². The molecule has 0 saturated carbocycles. The van der Waals surface area contributed by atoms with Crippen molar-refractivity contribution in [1.29, 1.82) is 0 Å². The molecule has 0 spiro atoms. The fourth-order valence-electron chi connectivity index (χ4n) is 2.38. The van der Waals surface area contributed by atoms with Gasteiger partial charge in [-0.25, -0.2) is 4.98 Å². The van der Waals surface area contributed by atoms with Gasteiger partial charge in [0.1, 0.15) is 24.0 Å². The molecule has 7 nitrogen and oxygen atoms in total. The fourth-order valence-corrected chi connectivity index (χ4v) is 2.50. The van der Waals surface area contributed by atoms with Crippen molar-refractivity contribution in [2.24, 2.45) is 0 Å². The van der Waals surface area contributed by atoms with Crippen LogP contribution in [0.5, 0.6) is 0 Å². The van der Waals surface area contributed by atoms with Crippen LogP contribution in [0.1, 0.15) is 20.3 Å². The van der Waals surface area contributed by atoms with E-state index in [0.717, 1.165) is 6.42 Å². The molecule has 0 aliphatic carbocycles. The summed E-state index contributed by atoms with van der Waals surface area (Å²) in [7, 11) is 0. The minimum Gasteiger partial charge on any atom is -0.352 e. The van der Waals surface area contributed by atoms with E-state index >= 15 is 0 Å². The van der Waals surface area contributed by atoms with Crippen LogP contribution in [0.15, 0.2) is 39.9 Å². The smallest absolute Gasteiger partial charge is 0.267 e. The number of rotatable bonds is 5. The Hall–Kier alpha value is -2.67. The lowest BCUT2D eigenvalue weighted by atomic mass is 10.1. The topological polar surface area (TPSA) is 90.0 Å². The standard InChI is InChI=1S/C17H17ClN4O3/c1-3-10(2)20-13(23)8-22-9-19-16-14(17(22)24)15(21-25-16)11-4-6-12(18)7-5-11/h4-7,9-10H,3,8H2,1-2H3,(H,20,23)/t10-/m1/s1. The molecule has 0 radical (unpaired) electrons. The Bertz CT molecular complexity index is 962. The lowest BCUT2D eigenvalue weighted by molar-refractivity contribution is -0.122. The number of hydrogen-bond acceptors (Lipinski definition) is 5. The number of fused-ring (bicyclic) bond motifs is 1. The molecule has 25 heavy (non-hydrogen) atoms. The first kappa shape index (κ1) is 17.2. The van der Waals surface area contributed by atoms with E-state index in [2.05, 4.69) is 15.5 Å². The summed E-state index contributed by atoms with van der Waals surface area (Å²) >= 11 is 5.89. The summed E-state index contributed by atoms with van der Waals surface area (Å²) < 4.78 is 6.40. The molecule has 0 aliphatic rings. The molecule has 0 aliphatic heterocycles. The summed E-state index contributed by atoms with van der Waals surface area (Å²) in [6.07, 6.45) is 2.10. The number of benzene rings is 1. The minimum absolute atomic E-state index is 0.0418. The number of nitrogens with one attached hydrogen (secondary N) is 1. The van der Waals surface area contributed by atoms with Gasteiger partial charge in [0.25, 0.3) is 11.3 Å². The summed E-state index contributed by atoms with van der Waals surface area (Å²) in [6, 6.07) is 6.93. The summed E-state index contributed by atoms with van der Waals surface area (Å²) in [5, 5.41) is 7.58. The van der Waals surface area contributed by atoms with Crippen LogP contribution < -0.4 is 10.9 Å². The number of amides is 1. The predicted octanol–water partition coefficient (Wildman–Crippen LogP) is 2.62. The van der Waals surface area contributed by atoms with Crippen molar-refractivity contribution in [3.63, 3.8) is 0 Å². The number of carbonyl (C=O) groups is 1. The molecule has 0 bridgehead atoms. The molecule has 8 heteroatoms. The first-order valence-corrected chi connectivity index (χ1v) is 8.27. The van der Waals surface area contributed by atoms with Crippen LogP contribution in [0.4, 0.5) is 0 Å². The number of hydrogen-bond donors (Lipinski definition) is 1. The minimum atomic E-state index is -0.379. The second-order valence-electron chi connectivity index (χ2n) is 5.77. The van der Waals surface area contributed by atoms with Crippen molar-refractivity contribution in [2.75, 3.05) is 0 Å². The van der Waals surface area contributed by atoms with E-state index in [9.17, 15) is 9.59 Å². The third-order valence-corrected chi connectivity index (χ3v) is 4.17. The maximum absolute atomic E-state index is 12.8. The predicted molar refractivity (Wildman–Crippen MR) is 94.4 cm³/mol. The zero-order chi connectivity index (χ0) is 18.0. The Morgan fingerprint density at radius 1 is 1.36 bits per heavy atom. The maximum atomic E-state index is 12.8. The summed E-state index contributed by atoms with van der Waals surface area (Å²) in [5.74, 6) is -0.248. The normalized spacial score (nSPS) is 12.3. The number of nitrogens with zero attached hydrogens (tertiary/aromatic N) is 3. The van der Waals surface area contributed by atoms with Gasteiger partial charge in [0.15, 0.2) is 0 Å². The maximum Gasteiger partial charge on any atom is 0.267 e. The lowest BCUT2D eigenvalue weighted by Crippen LogP contribution is -2.37. The highest BCUT2D eigenvalue weighted by Gasteiger charge is 2.18. The van der Waals surface area contributed by atoms with Crippen LogP contribution >= 0.6 is 11.6 Å². The zero-order valence-electron chi connectivity index (χ0n) is 13.8. The van der Waals surface area contributed by atoms with Gasteiger partial charge in [-0.05, 0) is 25.5 Å². The molecule has 1 atom stereocenters. The van der Waals surface area contributed by atoms with Crippen molar-refractivity contribution < 1.29 is 9.32 Å². The van der Waals surface area contributed by atoms with E-state index in [0.29, 0.717) is 16.3 Å². The third kappa shape index (κ3) is 3.56. The van der Waals surface area contributed by atoms with Gasteiger partial charge in [-0.15, -0.1) is 0 Å². The Balaban J connectivity index is 1.99. The molecule has 0 fully saturated rings. The number of halogens is 1. The molecular formula is C17H17ClN4O3. The first-order valence-electron chi connectivity index (χ1n) is 7.89. The average Bonchev–Trinajstić information content (AvgIpc) is 3.02. The molecule has 0 saturated heterocycles. The molecular weight excluding hydrogens is 344 g/mol. The lowest BCUT2D eigenvalue weighted by Gasteiger charge is -2.11. The van der Waals surface area contributed by atoms with Gasteiger partial charge in [0.2, 0.25) is 5.91 Å². The highest BCUT2D eigenvalue weighted by molar-refractivity contribution is 6.30. The van der Waals surface area contributed by atoms with Gasteiger partial charge in [-0.2, -0.15) is 0 Å². The Kier molecular flexibility index (Phi) is 4.85. The molecule has 2 heterocycles. The second-order valence-corrected chi connectivity index (χ2v) is 6.21. The highest BCUT2D eigenvalue weighted by atomic mass is 35.5. The summed E-state index contributed by atoms with van der Waals surface area (Å²) in [4.78, 5) is 28.9. The molecule has 3 aromatic rings. The van der Waals surface area contributed by atoms with E-state index in [1.54, 1.807) is 24.3 Å². The van der Waals surface area contributed by atoms with Gasteiger partial charge >= 0.3 is 0 Å². The van der Waals surface area contributed by atoms with Gasteiger partial charge in [-0.3, -0.25) is 14.2 Å². The van der Waals surface area contributed by atoms with Crippen molar-refractivity contribution in [3.8, 4) is 11.3 Å². The molecule has 1 amide bonds. The average molecular weight is 361 g/mol. The quantitative estimate of drug-likeness (QED) is 0.755. The van der Waals surface area contributed by atoms with Crippen LogP contribution in [0.3, 0.4) is 0 Å². The van der Waals surface area contributed by atoms with E-state index in [1.165, 1.54) is 10.9 Å². The highest BCUT2D eigenvalue weighted by Crippen LogP contribution is 2.25. The second kappa shape index (κ2) is 7.06. The van der Waals surface area contributed by atoms with E-state index in [4.69, 9.17) is 16.1 Å². The molecule has 3 rings (SSSR count).